The number of nitrogens with zero attached hydrogens (tertiary/aromatic N) is 3. The maximum absolute atomic E-state index is 13.5. The van der Waals surface area contributed by atoms with E-state index in [-0.39, 0.29) is 11.8 Å². The number of aromatic nitrogens is 2. The highest BCUT2D eigenvalue weighted by Crippen LogP contribution is 2.57. The van der Waals surface area contributed by atoms with Crippen LogP contribution < -0.4 is 0 Å². The molecule has 3 aromatic heterocycles. The number of carboxylic acids is 1. The first kappa shape index (κ1) is 23.4. The zero-order chi connectivity index (χ0) is 24.3. The molecule has 0 spiro atoms. The molecule has 180 valence electrons. The Kier molecular flexibility index (Phi) is 5.76. The highest BCUT2D eigenvalue weighted by molar-refractivity contribution is 7.14. The maximum Gasteiger partial charge on any atom is 0.309 e. The molecule has 1 N–H and O–H groups in total. The van der Waals surface area contributed by atoms with Crippen molar-refractivity contribution in [3.63, 3.8) is 0 Å². The summed E-state index contributed by atoms with van der Waals surface area (Å²) in [5, 5.41) is 13.0. The molecule has 1 aliphatic heterocycles. The summed E-state index contributed by atoms with van der Waals surface area (Å²) in [5.74, 6) is -0.592. The lowest BCUT2D eigenvalue weighted by molar-refractivity contribution is -0.155. The van der Waals surface area contributed by atoms with Crippen molar-refractivity contribution < 1.29 is 14.7 Å². The Bertz CT molecular complexity index is 1280. The monoisotopic (exact) mass is 499 g/mol. The molecule has 0 unspecified atom stereocenters. The number of fused-ring (bicyclic) bond motifs is 3. The number of thiophene rings is 1. The molecular weight excluding hydrogens is 470 g/mol. The minimum absolute atomic E-state index is 0.0583. The fraction of sp³-hybridized carbons (Fsp3) is 0.500. The molecule has 6 nitrogen and oxygen atoms in total. The maximum atomic E-state index is 13.5. The van der Waals surface area contributed by atoms with E-state index in [1.54, 1.807) is 0 Å². The minimum Gasteiger partial charge on any atom is -0.481 e. The van der Waals surface area contributed by atoms with Gasteiger partial charge in [0.1, 0.15) is 5.65 Å². The first-order valence-electron chi connectivity index (χ1n) is 11.8. The zero-order valence-corrected chi connectivity index (χ0v) is 21.4. The summed E-state index contributed by atoms with van der Waals surface area (Å²) in [6.07, 6.45) is 4.38. The quantitative estimate of drug-likeness (QED) is 0.495. The van der Waals surface area contributed by atoms with E-state index in [1.807, 2.05) is 44.0 Å². The van der Waals surface area contributed by atoms with Gasteiger partial charge in [-0.2, -0.15) is 0 Å². The molecule has 3 aromatic rings. The van der Waals surface area contributed by atoms with Crippen LogP contribution in [-0.4, -0.2) is 38.0 Å². The van der Waals surface area contributed by atoms with Gasteiger partial charge in [0.25, 0.3) is 0 Å². The summed E-state index contributed by atoms with van der Waals surface area (Å²) < 4.78 is 2.99. The highest BCUT2D eigenvalue weighted by atomic mass is 35.5. The van der Waals surface area contributed by atoms with Crippen LogP contribution in [0.2, 0.25) is 4.34 Å². The molecule has 0 saturated heterocycles. The van der Waals surface area contributed by atoms with Crippen LogP contribution in [0, 0.1) is 16.7 Å². The van der Waals surface area contributed by atoms with E-state index < -0.39 is 16.8 Å². The Hall–Kier alpha value is -2.38. The Balaban J connectivity index is 1.40. The number of halogens is 1. The standard InChI is InChI=1S/C26H30ClN3O3S/c1-25(2)17(6-8-26(25,3)24(32)33)12-22(31)29-10-7-18-19-5-4-9-28-23(19)30(20(18)14-29)13-16-11-21(27)34-15-16/h4-5,9,11,15,17H,6-8,10,12-14H2,1-3H3,(H,32,33)/t17-,26+/m1/s1. The Morgan fingerprint density at radius 1 is 1.32 bits per heavy atom. The smallest absolute Gasteiger partial charge is 0.309 e. The number of amides is 1. The first-order valence-corrected chi connectivity index (χ1v) is 13.1. The summed E-state index contributed by atoms with van der Waals surface area (Å²) in [5.41, 5.74) is 3.24. The van der Waals surface area contributed by atoms with Crippen molar-refractivity contribution in [2.75, 3.05) is 6.54 Å². The molecule has 5 rings (SSSR count). The normalized spacial score (nSPS) is 23.9. The third-order valence-electron chi connectivity index (χ3n) is 8.66. The number of rotatable bonds is 5. The second-order valence-electron chi connectivity index (χ2n) is 10.5. The third-order valence-corrected chi connectivity index (χ3v) is 9.80. The largest absolute Gasteiger partial charge is 0.481 e. The van der Waals surface area contributed by atoms with E-state index in [0.29, 0.717) is 32.5 Å². The summed E-state index contributed by atoms with van der Waals surface area (Å²) in [6, 6.07) is 6.07. The van der Waals surface area contributed by atoms with E-state index in [0.717, 1.165) is 39.5 Å². The van der Waals surface area contributed by atoms with E-state index in [9.17, 15) is 14.7 Å². The van der Waals surface area contributed by atoms with Gasteiger partial charge in [-0.3, -0.25) is 9.59 Å². The van der Waals surface area contributed by atoms with Crippen LogP contribution in [0.4, 0.5) is 0 Å². The molecule has 0 aromatic carbocycles. The second-order valence-corrected chi connectivity index (χ2v) is 12.1. The van der Waals surface area contributed by atoms with E-state index in [4.69, 9.17) is 11.6 Å². The van der Waals surface area contributed by atoms with Crippen LogP contribution in [-0.2, 0) is 29.1 Å². The van der Waals surface area contributed by atoms with Crippen LogP contribution in [0.25, 0.3) is 11.0 Å². The van der Waals surface area contributed by atoms with Crippen molar-refractivity contribution >= 4 is 45.8 Å². The predicted octanol–water partition coefficient (Wildman–Crippen LogP) is 5.60. The van der Waals surface area contributed by atoms with Crippen molar-refractivity contribution in [2.45, 2.75) is 59.5 Å². The van der Waals surface area contributed by atoms with Gasteiger partial charge in [0.2, 0.25) is 5.91 Å². The van der Waals surface area contributed by atoms with Crippen LogP contribution in [0.1, 0.15) is 56.9 Å². The van der Waals surface area contributed by atoms with Gasteiger partial charge in [-0.1, -0.05) is 25.4 Å². The Labute approximate surface area is 208 Å². The Morgan fingerprint density at radius 3 is 2.79 bits per heavy atom. The molecule has 1 aliphatic carbocycles. The lowest BCUT2D eigenvalue weighted by Gasteiger charge is -2.39. The molecule has 4 heterocycles. The van der Waals surface area contributed by atoms with Gasteiger partial charge in [-0.15, -0.1) is 11.3 Å². The number of carboxylic acid groups (broad SMARTS) is 1. The van der Waals surface area contributed by atoms with Gasteiger partial charge in [0, 0.05) is 30.2 Å². The van der Waals surface area contributed by atoms with Crippen molar-refractivity contribution in [1.82, 2.24) is 14.5 Å². The zero-order valence-electron chi connectivity index (χ0n) is 19.8. The lowest BCUT2D eigenvalue weighted by Crippen LogP contribution is -2.43. The van der Waals surface area contributed by atoms with Gasteiger partial charge >= 0.3 is 5.97 Å². The molecule has 0 radical (unpaired) electrons. The van der Waals surface area contributed by atoms with Crippen LogP contribution >= 0.6 is 22.9 Å². The summed E-state index contributed by atoms with van der Waals surface area (Å²) in [7, 11) is 0. The highest BCUT2D eigenvalue weighted by Gasteiger charge is 2.56. The Morgan fingerprint density at radius 2 is 2.12 bits per heavy atom. The van der Waals surface area contributed by atoms with Gasteiger partial charge in [-0.25, -0.2) is 4.98 Å². The van der Waals surface area contributed by atoms with Crippen molar-refractivity contribution in [3.05, 3.63) is 50.9 Å². The molecule has 2 aliphatic rings. The number of carbonyl (C=O) groups is 2. The van der Waals surface area contributed by atoms with Crippen molar-refractivity contribution in [1.29, 1.82) is 0 Å². The second kappa shape index (κ2) is 8.38. The number of carbonyl (C=O) groups excluding carboxylic acids is 1. The van der Waals surface area contributed by atoms with E-state index in [2.05, 4.69) is 21.0 Å². The molecule has 2 atom stereocenters. The predicted molar refractivity (Wildman–Crippen MR) is 134 cm³/mol. The molecule has 1 saturated carbocycles. The number of pyridine rings is 1. The van der Waals surface area contributed by atoms with E-state index in [1.165, 1.54) is 16.9 Å². The topological polar surface area (TPSA) is 75.4 Å². The van der Waals surface area contributed by atoms with E-state index >= 15 is 0 Å². The van der Waals surface area contributed by atoms with Crippen LogP contribution in [0.5, 0.6) is 0 Å². The molecule has 8 heteroatoms. The lowest BCUT2D eigenvalue weighted by atomic mass is 9.65. The average molecular weight is 500 g/mol. The van der Waals surface area contributed by atoms with Gasteiger partial charge < -0.3 is 14.6 Å². The molecule has 0 bridgehead atoms. The summed E-state index contributed by atoms with van der Waals surface area (Å²) in [6.45, 7) is 7.74. The SMILES string of the molecule is CC1(C)[C@@H](CC(=O)N2CCc3c(n(Cc4csc(Cl)c4)c4ncccc34)C2)CC[C@@]1(C)C(=O)O. The van der Waals surface area contributed by atoms with Crippen LogP contribution in [0.3, 0.4) is 0 Å². The van der Waals surface area contributed by atoms with Crippen molar-refractivity contribution in [2.24, 2.45) is 16.7 Å². The number of hydrogen-bond acceptors (Lipinski definition) is 4. The third kappa shape index (κ3) is 3.64. The summed E-state index contributed by atoms with van der Waals surface area (Å²) >= 11 is 7.69. The van der Waals surface area contributed by atoms with Crippen molar-refractivity contribution in [3.8, 4) is 0 Å². The molecular formula is C26H30ClN3O3S. The first-order chi connectivity index (χ1) is 16.1. The van der Waals surface area contributed by atoms with Gasteiger partial charge in [-0.05, 0) is 72.2 Å². The van der Waals surface area contributed by atoms with Gasteiger partial charge in [0.05, 0.1) is 22.8 Å². The number of hydrogen-bond donors (Lipinski definition) is 1. The van der Waals surface area contributed by atoms with Gasteiger partial charge in [0.15, 0.2) is 0 Å². The molecule has 34 heavy (non-hydrogen) atoms. The fourth-order valence-corrected chi connectivity index (χ4v) is 6.83. The fourth-order valence-electron chi connectivity index (χ4n) is 5.93. The molecule has 1 amide bonds. The summed E-state index contributed by atoms with van der Waals surface area (Å²) in [4.78, 5) is 32.0. The number of aliphatic carboxylic acids is 1. The minimum atomic E-state index is -0.799. The van der Waals surface area contributed by atoms with Crippen LogP contribution in [0.15, 0.2) is 29.8 Å². The molecule has 1 fully saturated rings. The average Bonchev–Trinajstić information content (AvgIpc) is 3.43.